The third kappa shape index (κ3) is 4.17. The van der Waals surface area contributed by atoms with Gasteiger partial charge in [-0.3, -0.25) is 0 Å². The summed E-state index contributed by atoms with van der Waals surface area (Å²) in [5.41, 5.74) is 1.00. The molecule has 0 spiro atoms. The molecule has 1 N–H and O–H groups in total. The first-order valence-corrected chi connectivity index (χ1v) is 7.93. The van der Waals surface area contributed by atoms with Crippen molar-refractivity contribution < 1.29 is 8.42 Å². The van der Waals surface area contributed by atoms with E-state index < -0.39 is 9.84 Å². The maximum Gasteiger partial charge on any atom is 0.150 e. The van der Waals surface area contributed by atoms with E-state index in [1.807, 2.05) is 30.3 Å². The first kappa shape index (κ1) is 13.1. The van der Waals surface area contributed by atoms with Gasteiger partial charge < -0.3 is 5.32 Å². The minimum Gasteiger partial charge on any atom is -0.306 e. The molecule has 0 aliphatic carbocycles. The van der Waals surface area contributed by atoms with Crippen LogP contribution in [0.2, 0.25) is 0 Å². The minimum absolute atomic E-state index is 0.258. The van der Waals surface area contributed by atoms with Gasteiger partial charge in [0, 0.05) is 5.56 Å². The Morgan fingerprint density at radius 2 is 2.06 bits per heavy atom. The summed E-state index contributed by atoms with van der Waals surface area (Å²) in [5.74, 6) is 7.02. The normalized spacial score (nSPS) is 21.2. The molecule has 0 aromatic heterocycles. The lowest BCUT2D eigenvalue weighted by molar-refractivity contribution is 0.541. The largest absolute Gasteiger partial charge is 0.306 e. The molecule has 1 fully saturated rings. The van der Waals surface area contributed by atoms with E-state index in [2.05, 4.69) is 17.2 Å². The summed E-state index contributed by atoms with van der Waals surface area (Å²) >= 11 is 0. The molecule has 4 heteroatoms. The van der Waals surface area contributed by atoms with Crippen molar-refractivity contribution in [2.75, 3.05) is 24.6 Å². The predicted octanol–water partition coefficient (Wildman–Crippen LogP) is 1.06. The fraction of sp³-hybridized carbons (Fsp3) is 0.429. The summed E-state index contributed by atoms with van der Waals surface area (Å²) < 4.78 is 22.5. The Bertz CT molecular complexity index is 540. The zero-order valence-electron chi connectivity index (χ0n) is 10.2. The van der Waals surface area contributed by atoms with Crippen molar-refractivity contribution in [2.45, 2.75) is 6.42 Å². The molecule has 0 saturated carbocycles. The molecule has 1 aliphatic heterocycles. The van der Waals surface area contributed by atoms with Crippen molar-refractivity contribution in [1.29, 1.82) is 0 Å². The topological polar surface area (TPSA) is 46.2 Å². The summed E-state index contributed by atoms with van der Waals surface area (Å²) in [6, 6.07) is 9.82. The molecule has 2 rings (SSSR count). The second-order valence-corrected chi connectivity index (χ2v) is 6.80. The standard InChI is InChI=1S/C14H17NO2S/c16-18(17)10-8-14(12-18)11-15-9-4-7-13-5-2-1-3-6-13/h1-3,5-6,14-15H,8-12H2. The predicted molar refractivity (Wildman–Crippen MR) is 73.0 cm³/mol. The molecule has 1 saturated heterocycles. The van der Waals surface area contributed by atoms with Gasteiger partial charge in [0.25, 0.3) is 0 Å². The molecule has 1 atom stereocenters. The Hall–Kier alpha value is -1.31. The van der Waals surface area contributed by atoms with Crippen LogP contribution >= 0.6 is 0 Å². The molecule has 3 nitrogen and oxygen atoms in total. The van der Waals surface area contributed by atoms with Crippen molar-refractivity contribution in [2.24, 2.45) is 5.92 Å². The second kappa shape index (κ2) is 6.03. The summed E-state index contributed by atoms with van der Waals surface area (Å²) in [4.78, 5) is 0. The van der Waals surface area contributed by atoms with E-state index in [9.17, 15) is 8.42 Å². The third-order valence-corrected chi connectivity index (χ3v) is 4.82. The highest BCUT2D eigenvalue weighted by molar-refractivity contribution is 7.91. The van der Waals surface area contributed by atoms with Crippen molar-refractivity contribution >= 4 is 9.84 Å². The van der Waals surface area contributed by atoms with Crippen molar-refractivity contribution in [3.05, 3.63) is 35.9 Å². The number of sulfone groups is 1. The zero-order chi connectivity index (χ0) is 12.8. The fourth-order valence-electron chi connectivity index (χ4n) is 2.04. The van der Waals surface area contributed by atoms with Crippen molar-refractivity contribution in [1.82, 2.24) is 5.32 Å². The maximum absolute atomic E-state index is 11.3. The molecule has 1 aromatic rings. The molecule has 1 aromatic carbocycles. The Morgan fingerprint density at radius 1 is 1.28 bits per heavy atom. The van der Waals surface area contributed by atoms with Crippen LogP contribution in [0.5, 0.6) is 0 Å². The van der Waals surface area contributed by atoms with Crippen LogP contribution < -0.4 is 5.32 Å². The first-order chi connectivity index (χ1) is 8.66. The SMILES string of the molecule is O=S1(=O)CCC(CNCC#Cc2ccccc2)C1. The molecular weight excluding hydrogens is 246 g/mol. The van der Waals surface area contributed by atoms with Crippen LogP contribution in [0.3, 0.4) is 0 Å². The highest BCUT2D eigenvalue weighted by atomic mass is 32.2. The van der Waals surface area contributed by atoms with Gasteiger partial charge in [0.1, 0.15) is 0 Å². The van der Waals surface area contributed by atoms with E-state index in [-0.39, 0.29) is 5.92 Å². The van der Waals surface area contributed by atoms with Crippen molar-refractivity contribution in [3.8, 4) is 11.8 Å². The minimum atomic E-state index is -2.76. The van der Waals surface area contributed by atoms with Crippen LogP contribution in [0.15, 0.2) is 30.3 Å². The van der Waals surface area contributed by atoms with Crippen LogP contribution in [-0.2, 0) is 9.84 Å². The smallest absolute Gasteiger partial charge is 0.150 e. The molecule has 0 bridgehead atoms. The van der Waals surface area contributed by atoms with E-state index in [1.165, 1.54) is 0 Å². The van der Waals surface area contributed by atoms with Gasteiger partial charge in [-0.1, -0.05) is 30.0 Å². The maximum atomic E-state index is 11.3. The molecule has 1 aliphatic rings. The summed E-state index contributed by atoms with van der Waals surface area (Å²) in [5, 5.41) is 3.20. The molecule has 96 valence electrons. The molecule has 0 amide bonds. The van der Waals surface area contributed by atoms with Crippen LogP contribution in [-0.4, -0.2) is 33.0 Å². The Morgan fingerprint density at radius 3 is 2.72 bits per heavy atom. The van der Waals surface area contributed by atoms with Gasteiger partial charge in [0.2, 0.25) is 0 Å². The van der Waals surface area contributed by atoms with Gasteiger partial charge in [-0.2, -0.15) is 0 Å². The van der Waals surface area contributed by atoms with E-state index in [0.29, 0.717) is 18.1 Å². The molecule has 1 unspecified atom stereocenters. The van der Waals surface area contributed by atoms with Gasteiger partial charge in [-0.25, -0.2) is 8.42 Å². The van der Waals surface area contributed by atoms with Crippen LogP contribution in [0.1, 0.15) is 12.0 Å². The lowest BCUT2D eigenvalue weighted by Crippen LogP contribution is -2.23. The number of rotatable bonds is 3. The Kier molecular flexibility index (Phi) is 4.40. The van der Waals surface area contributed by atoms with Crippen LogP contribution in [0.25, 0.3) is 0 Å². The highest BCUT2D eigenvalue weighted by Crippen LogP contribution is 2.16. The number of benzene rings is 1. The van der Waals surface area contributed by atoms with Crippen LogP contribution in [0.4, 0.5) is 0 Å². The average Bonchev–Trinajstić information content (AvgIpc) is 2.70. The lowest BCUT2D eigenvalue weighted by atomic mass is 10.1. The number of hydrogen-bond acceptors (Lipinski definition) is 3. The summed E-state index contributed by atoms with van der Waals surface area (Å²) in [6.07, 6.45) is 0.779. The van der Waals surface area contributed by atoms with E-state index in [1.54, 1.807) is 0 Å². The molecular formula is C14H17NO2S. The zero-order valence-corrected chi connectivity index (χ0v) is 11.0. The van der Waals surface area contributed by atoms with Crippen LogP contribution in [0, 0.1) is 17.8 Å². The Balaban J connectivity index is 1.70. The lowest BCUT2D eigenvalue weighted by Gasteiger charge is -2.06. The number of hydrogen-bond donors (Lipinski definition) is 1. The summed E-state index contributed by atoms with van der Waals surface area (Å²) in [6.45, 7) is 1.34. The third-order valence-electron chi connectivity index (χ3n) is 2.98. The second-order valence-electron chi connectivity index (χ2n) is 4.57. The highest BCUT2D eigenvalue weighted by Gasteiger charge is 2.26. The molecule has 1 heterocycles. The van der Waals surface area contributed by atoms with Gasteiger partial charge in [0.05, 0.1) is 18.1 Å². The van der Waals surface area contributed by atoms with Crippen molar-refractivity contribution in [3.63, 3.8) is 0 Å². The molecule has 0 radical (unpaired) electrons. The van der Waals surface area contributed by atoms with E-state index in [4.69, 9.17) is 0 Å². The van der Waals surface area contributed by atoms with E-state index in [0.717, 1.165) is 18.5 Å². The number of nitrogens with one attached hydrogen (secondary N) is 1. The fourth-order valence-corrected chi connectivity index (χ4v) is 3.90. The van der Waals surface area contributed by atoms with E-state index >= 15 is 0 Å². The monoisotopic (exact) mass is 263 g/mol. The van der Waals surface area contributed by atoms with Gasteiger partial charge in [-0.05, 0) is 31.0 Å². The quantitative estimate of drug-likeness (QED) is 0.655. The summed E-state index contributed by atoms with van der Waals surface area (Å²) in [7, 11) is -2.76. The average molecular weight is 263 g/mol. The molecule has 18 heavy (non-hydrogen) atoms. The van der Waals surface area contributed by atoms with Gasteiger partial charge >= 0.3 is 0 Å². The van der Waals surface area contributed by atoms with Gasteiger partial charge in [0.15, 0.2) is 9.84 Å². The first-order valence-electron chi connectivity index (χ1n) is 6.11. The Labute approximate surface area is 109 Å². The van der Waals surface area contributed by atoms with Gasteiger partial charge in [-0.15, -0.1) is 0 Å².